The fourth-order valence-electron chi connectivity index (χ4n) is 3.83. The average molecular weight is 330 g/mol. The molecule has 1 amide bonds. The molecule has 2 saturated heterocycles. The minimum atomic E-state index is -0.491. The number of Topliss-reactive ketones (excluding diaryl/α,β-unsaturated/α-hetero) is 1. The molecule has 2 atom stereocenters. The van der Waals surface area contributed by atoms with Crippen molar-refractivity contribution in [2.24, 2.45) is 5.92 Å². The number of hydrogen-bond donors (Lipinski definition) is 0. The highest BCUT2D eigenvalue weighted by molar-refractivity contribution is 5.96. The number of carbonyl (C=O) groups is 2. The van der Waals surface area contributed by atoms with Crippen LogP contribution in [-0.2, 0) is 4.74 Å². The third-order valence-electron chi connectivity index (χ3n) is 4.87. The maximum Gasteiger partial charge on any atom is 0.410 e. The van der Waals surface area contributed by atoms with E-state index in [4.69, 9.17) is 4.74 Å². The van der Waals surface area contributed by atoms with Crippen LogP contribution in [0.2, 0.25) is 0 Å². The van der Waals surface area contributed by atoms with Crippen LogP contribution in [0.5, 0.6) is 0 Å². The van der Waals surface area contributed by atoms with Crippen molar-refractivity contribution in [1.29, 1.82) is 0 Å². The molecule has 3 rings (SSSR count). The molecule has 2 bridgehead atoms. The normalized spacial score (nSPS) is 26.3. The summed E-state index contributed by atoms with van der Waals surface area (Å²) in [5.74, 6) is 0.0622. The van der Waals surface area contributed by atoms with Gasteiger partial charge in [-0.25, -0.2) is 4.79 Å². The summed E-state index contributed by atoms with van der Waals surface area (Å²) in [6.45, 7) is 7.60. The Bertz CT molecular complexity index is 619. The molecule has 0 aliphatic carbocycles. The van der Waals surface area contributed by atoms with E-state index in [1.54, 1.807) is 12.3 Å². The van der Waals surface area contributed by atoms with Crippen molar-refractivity contribution in [2.75, 3.05) is 0 Å². The molecule has 1 aromatic heterocycles. The van der Waals surface area contributed by atoms with Crippen LogP contribution in [0.4, 0.5) is 4.79 Å². The predicted octanol–water partition coefficient (Wildman–Crippen LogP) is 3.75. The monoisotopic (exact) mass is 330 g/mol. The topological polar surface area (TPSA) is 59.5 Å². The van der Waals surface area contributed by atoms with Gasteiger partial charge in [-0.05, 0) is 65.0 Å². The molecule has 0 saturated carbocycles. The minimum Gasteiger partial charge on any atom is -0.444 e. The van der Waals surface area contributed by atoms with Gasteiger partial charge in [0.05, 0.1) is 0 Å². The Hall–Kier alpha value is -1.91. The number of fused-ring (bicyclic) bond motifs is 2. The molecule has 24 heavy (non-hydrogen) atoms. The van der Waals surface area contributed by atoms with Crippen LogP contribution in [0.15, 0.2) is 18.3 Å². The van der Waals surface area contributed by atoms with Crippen LogP contribution in [0.3, 0.4) is 0 Å². The van der Waals surface area contributed by atoms with Gasteiger partial charge in [0.25, 0.3) is 0 Å². The number of piperidine rings is 1. The summed E-state index contributed by atoms with van der Waals surface area (Å²) in [5, 5.41) is 0. The summed E-state index contributed by atoms with van der Waals surface area (Å²) in [7, 11) is 0. The summed E-state index contributed by atoms with van der Waals surface area (Å²) >= 11 is 0. The van der Waals surface area contributed by atoms with E-state index in [-0.39, 0.29) is 29.9 Å². The standard InChI is InChI=1S/C19H26N2O3/c1-12-5-8-16(20-11-12)17(22)13-9-14-6-7-15(10-13)21(14)18(23)24-19(2,3)4/h5,8,11,13-15H,6-7,9-10H2,1-4H3. The van der Waals surface area contributed by atoms with Crippen LogP contribution in [0, 0.1) is 12.8 Å². The highest BCUT2D eigenvalue weighted by atomic mass is 16.6. The van der Waals surface area contributed by atoms with E-state index < -0.39 is 5.60 Å². The average Bonchev–Trinajstić information content (AvgIpc) is 2.76. The number of aromatic nitrogens is 1. The van der Waals surface area contributed by atoms with E-state index >= 15 is 0 Å². The van der Waals surface area contributed by atoms with Crippen molar-refractivity contribution in [2.45, 2.75) is 71.1 Å². The number of amides is 1. The van der Waals surface area contributed by atoms with Gasteiger partial charge in [0.1, 0.15) is 11.3 Å². The van der Waals surface area contributed by atoms with Crippen molar-refractivity contribution in [1.82, 2.24) is 9.88 Å². The molecule has 2 unspecified atom stereocenters. The maximum absolute atomic E-state index is 12.7. The Kier molecular flexibility index (Phi) is 4.37. The Balaban J connectivity index is 1.70. The zero-order chi connectivity index (χ0) is 17.5. The molecule has 0 radical (unpaired) electrons. The Labute approximate surface area is 143 Å². The van der Waals surface area contributed by atoms with Crippen molar-refractivity contribution in [3.8, 4) is 0 Å². The Morgan fingerprint density at radius 2 is 1.79 bits per heavy atom. The van der Waals surface area contributed by atoms with Crippen LogP contribution >= 0.6 is 0 Å². The van der Waals surface area contributed by atoms with E-state index in [2.05, 4.69) is 4.98 Å². The van der Waals surface area contributed by atoms with Crippen LogP contribution < -0.4 is 0 Å². The summed E-state index contributed by atoms with van der Waals surface area (Å²) in [4.78, 5) is 31.3. The van der Waals surface area contributed by atoms with Gasteiger partial charge in [-0.2, -0.15) is 0 Å². The maximum atomic E-state index is 12.7. The van der Waals surface area contributed by atoms with Crippen molar-refractivity contribution in [3.05, 3.63) is 29.6 Å². The molecule has 0 spiro atoms. The first-order valence-electron chi connectivity index (χ1n) is 8.73. The molecule has 130 valence electrons. The lowest BCUT2D eigenvalue weighted by atomic mass is 9.86. The van der Waals surface area contributed by atoms with Gasteiger partial charge < -0.3 is 9.64 Å². The molecular formula is C19H26N2O3. The van der Waals surface area contributed by atoms with Crippen LogP contribution in [0.1, 0.15) is 62.5 Å². The van der Waals surface area contributed by atoms with E-state index in [0.29, 0.717) is 18.5 Å². The number of nitrogens with zero attached hydrogens (tertiary/aromatic N) is 2. The molecule has 5 nitrogen and oxygen atoms in total. The smallest absolute Gasteiger partial charge is 0.410 e. The van der Waals surface area contributed by atoms with Crippen molar-refractivity contribution in [3.63, 3.8) is 0 Å². The second-order valence-corrected chi connectivity index (χ2v) is 8.03. The molecule has 0 aromatic carbocycles. The number of aryl methyl sites for hydroxylation is 1. The zero-order valence-corrected chi connectivity index (χ0v) is 14.9. The van der Waals surface area contributed by atoms with E-state index in [9.17, 15) is 9.59 Å². The summed E-state index contributed by atoms with van der Waals surface area (Å²) in [6.07, 6.45) is 4.82. The minimum absolute atomic E-state index is 0.0450. The van der Waals surface area contributed by atoms with Gasteiger partial charge in [0.15, 0.2) is 5.78 Å². The van der Waals surface area contributed by atoms with Gasteiger partial charge in [0.2, 0.25) is 0 Å². The first-order valence-corrected chi connectivity index (χ1v) is 8.73. The predicted molar refractivity (Wildman–Crippen MR) is 90.9 cm³/mol. The van der Waals surface area contributed by atoms with Gasteiger partial charge in [-0.3, -0.25) is 9.78 Å². The summed E-state index contributed by atoms with van der Waals surface area (Å²) < 4.78 is 5.54. The number of carbonyl (C=O) groups excluding carboxylic acids is 2. The second-order valence-electron chi connectivity index (χ2n) is 8.03. The third kappa shape index (κ3) is 3.45. The van der Waals surface area contributed by atoms with Gasteiger partial charge in [0, 0.05) is 24.2 Å². The Morgan fingerprint density at radius 3 is 2.29 bits per heavy atom. The first kappa shape index (κ1) is 16.9. The fraction of sp³-hybridized carbons (Fsp3) is 0.632. The molecule has 5 heteroatoms. The summed E-state index contributed by atoms with van der Waals surface area (Å²) in [6, 6.07) is 3.95. The van der Waals surface area contributed by atoms with Gasteiger partial charge >= 0.3 is 6.09 Å². The molecule has 3 heterocycles. The largest absolute Gasteiger partial charge is 0.444 e. The molecule has 1 aromatic rings. The number of ketones is 1. The van der Waals surface area contributed by atoms with Crippen molar-refractivity contribution < 1.29 is 14.3 Å². The number of rotatable bonds is 2. The van der Waals surface area contributed by atoms with Gasteiger partial charge in [-0.1, -0.05) is 6.07 Å². The number of hydrogen-bond acceptors (Lipinski definition) is 4. The van der Waals surface area contributed by atoms with E-state index in [0.717, 1.165) is 18.4 Å². The van der Waals surface area contributed by atoms with Crippen molar-refractivity contribution >= 4 is 11.9 Å². The lowest BCUT2D eigenvalue weighted by molar-refractivity contribution is 0.00251. The molecule has 2 aliphatic heterocycles. The van der Waals surface area contributed by atoms with E-state index in [1.807, 2.05) is 38.7 Å². The lowest BCUT2D eigenvalue weighted by Gasteiger charge is -2.38. The SMILES string of the molecule is Cc1ccc(C(=O)C2CC3CCC(C2)N3C(=O)OC(C)(C)C)nc1. The Morgan fingerprint density at radius 1 is 1.17 bits per heavy atom. The second kappa shape index (κ2) is 6.19. The molecule has 2 aliphatic rings. The third-order valence-corrected chi connectivity index (χ3v) is 4.87. The summed E-state index contributed by atoms with van der Waals surface area (Å²) in [5.41, 5.74) is 1.09. The first-order chi connectivity index (χ1) is 11.2. The molecule has 2 fully saturated rings. The molecular weight excluding hydrogens is 304 g/mol. The fourth-order valence-corrected chi connectivity index (χ4v) is 3.83. The molecule has 0 N–H and O–H groups in total. The van der Waals surface area contributed by atoms with Gasteiger partial charge in [-0.15, -0.1) is 0 Å². The highest BCUT2D eigenvalue weighted by Gasteiger charge is 2.46. The quantitative estimate of drug-likeness (QED) is 0.775. The van der Waals surface area contributed by atoms with Crippen LogP contribution in [0.25, 0.3) is 0 Å². The highest BCUT2D eigenvalue weighted by Crippen LogP contribution is 2.40. The lowest BCUT2D eigenvalue weighted by Crippen LogP contribution is -2.49. The number of ether oxygens (including phenoxy) is 1. The van der Waals surface area contributed by atoms with Crippen LogP contribution in [-0.4, -0.2) is 39.4 Å². The van der Waals surface area contributed by atoms with E-state index in [1.165, 1.54) is 0 Å². The number of pyridine rings is 1. The zero-order valence-electron chi connectivity index (χ0n) is 14.9.